The van der Waals surface area contributed by atoms with Crippen LogP contribution in [0.1, 0.15) is 32.6 Å². The standard InChI is InChI=1S/C16H23N3O2/c1-12-7-3-4-8-13(12)18-19-16(20)11-17-14-9-5-6-10-15(14)21-2/h5-6,9-10,17-18H,3-4,7-8,11H2,1-2H3,(H,19,20). The lowest BCUT2D eigenvalue weighted by molar-refractivity contribution is -0.120. The fourth-order valence-corrected chi connectivity index (χ4v) is 2.38. The van der Waals surface area contributed by atoms with Crippen LogP contribution in [0.3, 0.4) is 0 Å². The van der Waals surface area contributed by atoms with E-state index < -0.39 is 0 Å². The van der Waals surface area contributed by atoms with Crippen LogP contribution in [-0.4, -0.2) is 19.6 Å². The molecule has 1 amide bonds. The van der Waals surface area contributed by atoms with Gasteiger partial charge in [0.25, 0.3) is 5.91 Å². The van der Waals surface area contributed by atoms with Crippen LogP contribution in [-0.2, 0) is 4.79 Å². The smallest absolute Gasteiger partial charge is 0.257 e. The van der Waals surface area contributed by atoms with Crippen molar-refractivity contribution < 1.29 is 9.53 Å². The molecule has 0 aromatic heterocycles. The number of carbonyl (C=O) groups is 1. The molecule has 1 aromatic carbocycles. The van der Waals surface area contributed by atoms with Gasteiger partial charge in [-0.25, -0.2) is 0 Å². The molecule has 1 aliphatic carbocycles. The van der Waals surface area contributed by atoms with Gasteiger partial charge in [-0.05, 0) is 44.7 Å². The third-order valence-corrected chi connectivity index (χ3v) is 3.64. The third-order valence-electron chi connectivity index (χ3n) is 3.64. The van der Waals surface area contributed by atoms with Gasteiger partial charge in [0.15, 0.2) is 0 Å². The molecule has 21 heavy (non-hydrogen) atoms. The van der Waals surface area contributed by atoms with Crippen molar-refractivity contribution in [3.63, 3.8) is 0 Å². The second-order valence-electron chi connectivity index (χ2n) is 5.19. The second-order valence-corrected chi connectivity index (χ2v) is 5.19. The predicted octanol–water partition coefficient (Wildman–Crippen LogP) is 2.58. The van der Waals surface area contributed by atoms with Crippen molar-refractivity contribution >= 4 is 11.6 Å². The summed E-state index contributed by atoms with van der Waals surface area (Å²) in [4.78, 5) is 11.9. The molecular weight excluding hydrogens is 266 g/mol. The van der Waals surface area contributed by atoms with Gasteiger partial charge in [-0.3, -0.25) is 10.2 Å². The molecule has 0 saturated heterocycles. The van der Waals surface area contributed by atoms with E-state index in [1.165, 1.54) is 18.4 Å². The Kier molecular flexibility index (Phi) is 5.49. The number of hydrazine groups is 1. The molecule has 0 aliphatic heterocycles. The van der Waals surface area contributed by atoms with E-state index in [0.717, 1.165) is 30.0 Å². The van der Waals surface area contributed by atoms with Crippen LogP contribution in [0, 0.1) is 0 Å². The number of carbonyl (C=O) groups excluding carboxylic acids is 1. The molecule has 0 saturated carbocycles. The van der Waals surface area contributed by atoms with E-state index in [4.69, 9.17) is 4.74 Å². The maximum atomic E-state index is 11.9. The number of ether oxygens (including phenoxy) is 1. The fraction of sp³-hybridized carbons (Fsp3) is 0.438. The van der Waals surface area contributed by atoms with E-state index in [2.05, 4.69) is 23.1 Å². The molecule has 0 heterocycles. The van der Waals surface area contributed by atoms with Crippen molar-refractivity contribution in [2.75, 3.05) is 19.0 Å². The monoisotopic (exact) mass is 289 g/mol. The van der Waals surface area contributed by atoms with E-state index in [0.29, 0.717) is 0 Å². The number of allylic oxidation sites excluding steroid dienone is 2. The van der Waals surface area contributed by atoms with Crippen LogP contribution >= 0.6 is 0 Å². The van der Waals surface area contributed by atoms with Crippen molar-refractivity contribution in [3.05, 3.63) is 35.5 Å². The van der Waals surface area contributed by atoms with Gasteiger partial charge in [0, 0.05) is 5.70 Å². The number of anilines is 1. The Morgan fingerprint density at radius 3 is 2.76 bits per heavy atom. The summed E-state index contributed by atoms with van der Waals surface area (Å²) in [5.41, 5.74) is 9.07. The highest BCUT2D eigenvalue weighted by atomic mass is 16.5. The number of amides is 1. The van der Waals surface area contributed by atoms with Crippen LogP contribution in [0.15, 0.2) is 35.5 Å². The second kappa shape index (κ2) is 7.57. The van der Waals surface area contributed by atoms with Crippen molar-refractivity contribution in [1.29, 1.82) is 0 Å². The highest BCUT2D eigenvalue weighted by molar-refractivity contribution is 5.81. The zero-order chi connectivity index (χ0) is 15.1. The lowest BCUT2D eigenvalue weighted by Crippen LogP contribution is -2.40. The number of hydrogen-bond acceptors (Lipinski definition) is 4. The van der Waals surface area contributed by atoms with E-state index in [9.17, 15) is 4.79 Å². The molecule has 5 nitrogen and oxygen atoms in total. The van der Waals surface area contributed by atoms with Crippen LogP contribution < -0.4 is 20.9 Å². The Bertz CT molecular complexity index is 526. The van der Waals surface area contributed by atoms with Gasteiger partial charge in [0.1, 0.15) is 5.75 Å². The number of para-hydroxylation sites is 2. The average Bonchev–Trinajstić information content (AvgIpc) is 2.52. The van der Waals surface area contributed by atoms with Crippen molar-refractivity contribution in [2.24, 2.45) is 0 Å². The van der Waals surface area contributed by atoms with Crippen LogP contribution in [0.25, 0.3) is 0 Å². The maximum Gasteiger partial charge on any atom is 0.257 e. The topological polar surface area (TPSA) is 62.4 Å². The van der Waals surface area contributed by atoms with Crippen molar-refractivity contribution in [2.45, 2.75) is 32.6 Å². The zero-order valence-corrected chi connectivity index (χ0v) is 12.7. The van der Waals surface area contributed by atoms with Crippen molar-refractivity contribution in [1.82, 2.24) is 10.9 Å². The van der Waals surface area contributed by atoms with E-state index in [-0.39, 0.29) is 12.5 Å². The summed E-state index contributed by atoms with van der Waals surface area (Å²) >= 11 is 0. The first kappa shape index (κ1) is 15.2. The first-order valence-corrected chi connectivity index (χ1v) is 7.31. The Hall–Kier alpha value is -2.17. The molecule has 1 aromatic rings. The molecule has 114 valence electrons. The average molecular weight is 289 g/mol. The lowest BCUT2D eigenvalue weighted by Gasteiger charge is -2.20. The highest BCUT2D eigenvalue weighted by Crippen LogP contribution is 2.23. The molecule has 1 aliphatic rings. The van der Waals surface area contributed by atoms with E-state index in [1.54, 1.807) is 7.11 Å². The summed E-state index contributed by atoms with van der Waals surface area (Å²) in [6, 6.07) is 7.53. The fourth-order valence-electron chi connectivity index (χ4n) is 2.38. The van der Waals surface area contributed by atoms with Gasteiger partial charge in [0.05, 0.1) is 19.3 Å². The molecule has 0 radical (unpaired) electrons. The molecule has 0 spiro atoms. The third kappa shape index (κ3) is 4.41. The number of methoxy groups -OCH3 is 1. The van der Waals surface area contributed by atoms with Gasteiger partial charge >= 0.3 is 0 Å². The normalized spacial score (nSPS) is 14.6. The molecule has 0 unspecified atom stereocenters. The first-order chi connectivity index (χ1) is 10.2. The molecule has 0 bridgehead atoms. The first-order valence-electron chi connectivity index (χ1n) is 7.31. The molecular formula is C16H23N3O2. The van der Waals surface area contributed by atoms with Gasteiger partial charge in [0.2, 0.25) is 0 Å². The summed E-state index contributed by atoms with van der Waals surface area (Å²) in [5, 5.41) is 3.07. The van der Waals surface area contributed by atoms with Gasteiger partial charge in [-0.15, -0.1) is 0 Å². The summed E-state index contributed by atoms with van der Waals surface area (Å²) in [7, 11) is 1.61. The molecule has 3 N–H and O–H groups in total. The minimum atomic E-state index is -0.105. The summed E-state index contributed by atoms with van der Waals surface area (Å²) in [6.07, 6.45) is 4.53. The Labute approximate surface area is 125 Å². The molecule has 5 heteroatoms. The number of nitrogens with one attached hydrogen (secondary N) is 3. The Morgan fingerprint density at radius 2 is 2.00 bits per heavy atom. The summed E-state index contributed by atoms with van der Waals surface area (Å²) in [5.74, 6) is 0.621. The minimum Gasteiger partial charge on any atom is -0.495 e. The largest absolute Gasteiger partial charge is 0.495 e. The highest BCUT2D eigenvalue weighted by Gasteiger charge is 2.10. The summed E-state index contributed by atoms with van der Waals surface area (Å²) in [6.45, 7) is 2.31. The van der Waals surface area contributed by atoms with Gasteiger partial charge < -0.3 is 15.5 Å². The zero-order valence-electron chi connectivity index (χ0n) is 12.7. The van der Waals surface area contributed by atoms with E-state index in [1.807, 2.05) is 24.3 Å². The molecule has 0 atom stereocenters. The summed E-state index contributed by atoms with van der Waals surface area (Å²) < 4.78 is 5.23. The van der Waals surface area contributed by atoms with Crippen molar-refractivity contribution in [3.8, 4) is 5.75 Å². The van der Waals surface area contributed by atoms with Crippen LogP contribution in [0.2, 0.25) is 0 Å². The predicted molar refractivity (Wildman–Crippen MR) is 83.9 cm³/mol. The quantitative estimate of drug-likeness (QED) is 0.704. The number of rotatable bonds is 6. The van der Waals surface area contributed by atoms with Crippen LogP contribution in [0.4, 0.5) is 5.69 Å². The molecule has 2 rings (SSSR count). The number of hydrogen-bond donors (Lipinski definition) is 3. The Morgan fingerprint density at radius 1 is 1.24 bits per heavy atom. The lowest BCUT2D eigenvalue weighted by atomic mass is 9.98. The molecule has 0 fully saturated rings. The number of benzene rings is 1. The maximum absolute atomic E-state index is 11.9. The van der Waals surface area contributed by atoms with E-state index >= 15 is 0 Å². The van der Waals surface area contributed by atoms with Crippen LogP contribution in [0.5, 0.6) is 5.75 Å². The van der Waals surface area contributed by atoms with Gasteiger partial charge in [-0.1, -0.05) is 17.7 Å². The minimum absolute atomic E-state index is 0.105. The van der Waals surface area contributed by atoms with Gasteiger partial charge in [-0.2, -0.15) is 0 Å². The Balaban J connectivity index is 1.80. The SMILES string of the molecule is COc1ccccc1NCC(=O)NNC1=C(C)CCCC1.